The molecule has 1 aliphatic heterocycles. The molecule has 4 rings (SSSR count). The highest BCUT2D eigenvalue weighted by Gasteiger charge is 2.30. The van der Waals surface area contributed by atoms with Crippen molar-refractivity contribution in [3.05, 3.63) is 55.0 Å². The molecule has 1 saturated heterocycles. The van der Waals surface area contributed by atoms with E-state index in [1.54, 1.807) is 17.1 Å². The van der Waals surface area contributed by atoms with Crippen molar-refractivity contribution >= 4 is 5.91 Å². The van der Waals surface area contributed by atoms with Gasteiger partial charge in [-0.05, 0) is 62.3 Å². The van der Waals surface area contributed by atoms with Crippen LogP contribution in [-0.4, -0.2) is 64.5 Å². The van der Waals surface area contributed by atoms with Crippen LogP contribution >= 0.6 is 0 Å². The second-order valence-corrected chi connectivity index (χ2v) is 9.07. The van der Waals surface area contributed by atoms with Crippen molar-refractivity contribution in [2.45, 2.75) is 44.6 Å². The van der Waals surface area contributed by atoms with Gasteiger partial charge >= 0.3 is 0 Å². The summed E-state index contributed by atoms with van der Waals surface area (Å²) in [6, 6.07) is 5.74. The van der Waals surface area contributed by atoms with Crippen LogP contribution in [0.25, 0.3) is 5.82 Å². The van der Waals surface area contributed by atoms with E-state index in [0.717, 1.165) is 32.7 Å². The van der Waals surface area contributed by atoms with Gasteiger partial charge in [-0.1, -0.05) is 18.9 Å². The van der Waals surface area contributed by atoms with Crippen molar-refractivity contribution in [2.75, 3.05) is 32.8 Å². The van der Waals surface area contributed by atoms with Crippen LogP contribution in [0.5, 0.6) is 0 Å². The lowest BCUT2D eigenvalue weighted by Gasteiger charge is -2.39. The van der Waals surface area contributed by atoms with Crippen molar-refractivity contribution in [1.29, 1.82) is 0 Å². The number of likely N-dealkylation sites (tertiary alicyclic amines) is 1. The molecule has 3 heterocycles. The Balaban J connectivity index is 1.32. The number of rotatable bonds is 9. The van der Waals surface area contributed by atoms with E-state index < -0.39 is 0 Å². The lowest BCUT2D eigenvalue weighted by Crippen LogP contribution is -2.48. The summed E-state index contributed by atoms with van der Waals surface area (Å²) < 4.78 is 7.39. The third-order valence-electron chi connectivity index (χ3n) is 6.66. The molecular weight excluding hydrogens is 402 g/mol. The number of aromatic nitrogens is 3. The maximum absolute atomic E-state index is 12.9. The summed E-state index contributed by atoms with van der Waals surface area (Å²) in [6.45, 7) is 8.46. The van der Waals surface area contributed by atoms with Crippen molar-refractivity contribution in [3.8, 4) is 5.82 Å². The summed E-state index contributed by atoms with van der Waals surface area (Å²) in [5, 5.41) is 7.50. The predicted octanol–water partition coefficient (Wildman–Crippen LogP) is 3.47. The second kappa shape index (κ2) is 11.4. The van der Waals surface area contributed by atoms with E-state index in [9.17, 15) is 4.79 Å². The minimum atomic E-state index is -0.0317. The smallest absolute Gasteiger partial charge is 0.253 e. The zero-order valence-corrected chi connectivity index (χ0v) is 18.9. The molecule has 2 aromatic rings. The highest BCUT2D eigenvalue weighted by atomic mass is 16.5. The van der Waals surface area contributed by atoms with Crippen LogP contribution in [-0.2, 0) is 4.74 Å². The fraction of sp³-hybridized carbons (Fsp3) is 0.560. The fourth-order valence-electron chi connectivity index (χ4n) is 5.03. The third-order valence-corrected chi connectivity index (χ3v) is 6.66. The SMILES string of the molecule is C=CCOCC1CCCN(C[C@@H]2CCCCC2NC(=O)c2ccc(-n3cccn3)nc2)C1. The molecule has 2 aromatic heterocycles. The van der Waals surface area contributed by atoms with Gasteiger partial charge in [0, 0.05) is 37.7 Å². The number of nitrogens with zero attached hydrogens (tertiary/aromatic N) is 4. The van der Waals surface area contributed by atoms with E-state index in [1.807, 2.05) is 30.5 Å². The first-order chi connectivity index (χ1) is 15.7. The van der Waals surface area contributed by atoms with Crippen LogP contribution < -0.4 is 5.32 Å². The van der Waals surface area contributed by atoms with Gasteiger partial charge in [0.2, 0.25) is 0 Å². The third kappa shape index (κ3) is 6.04. The van der Waals surface area contributed by atoms with Crippen LogP contribution in [0.1, 0.15) is 48.9 Å². The molecule has 2 fully saturated rings. The van der Waals surface area contributed by atoms with Crippen molar-refractivity contribution < 1.29 is 9.53 Å². The summed E-state index contributed by atoms with van der Waals surface area (Å²) in [7, 11) is 0. The van der Waals surface area contributed by atoms with E-state index in [4.69, 9.17) is 4.74 Å². The predicted molar refractivity (Wildman–Crippen MR) is 125 cm³/mol. The van der Waals surface area contributed by atoms with Gasteiger partial charge < -0.3 is 15.0 Å². The Bertz CT molecular complexity index is 852. The molecular formula is C25H35N5O2. The number of carbonyl (C=O) groups excluding carboxylic acids is 1. The molecule has 1 saturated carbocycles. The lowest BCUT2D eigenvalue weighted by molar-refractivity contribution is 0.0599. The van der Waals surface area contributed by atoms with Gasteiger partial charge in [-0.2, -0.15) is 5.10 Å². The number of hydrogen-bond acceptors (Lipinski definition) is 5. The van der Waals surface area contributed by atoms with Gasteiger partial charge in [-0.25, -0.2) is 9.67 Å². The summed E-state index contributed by atoms with van der Waals surface area (Å²) in [5.41, 5.74) is 0.600. The number of hydrogen-bond donors (Lipinski definition) is 1. The molecule has 7 nitrogen and oxygen atoms in total. The molecule has 0 radical (unpaired) electrons. The van der Waals surface area contributed by atoms with Gasteiger partial charge in [0.1, 0.15) is 0 Å². The Morgan fingerprint density at radius 2 is 2.16 bits per heavy atom. The fourth-order valence-corrected chi connectivity index (χ4v) is 5.03. The number of amides is 1. The Morgan fingerprint density at radius 3 is 2.94 bits per heavy atom. The van der Waals surface area contributed by atoms with Gasteiger partial charge in [0.25, 0.3) is 5.91 Å². The topological polar surface area (TPSA) is 72.3 Å². The molecule has 1 N–H and O–H groups in total. The summed E-state index contributed by atoms with van der Waals surface area (Å²) in [6.07, 6.45) is 14.1. The lowest BCUT2D eigenvalue weighted by atomic mass is 9.83. The minimum Gasteiger partial charge on any atom is -0.377 e. The van der Waals surface area contributed by atoms with E-state index in [1.165, 1.54) is 32.1 Å². The van der Waals surface area contributed by atoms with E-state index >= 15 is 0 Å². The normalized spacial score (nSPS) is 24.2. The molecule has 1 aliphatic carbocycles. The van der Waals surface area contributed by atoms with Crippen molar-refractivity contribution in [3.63, 3.8) is 0 Å². The summed E-state index contributed by atoms with van der Waals surface area (Å²) in [5.74, 6) is 1.77. The number of ether oxygens (including phenoxy) is 1. The highest BCUT2D eigenvalue weighted by Crippen LogP contribution is 2.27. The number of pyridine rings is 1. The Hall–Kier alpha value is -2.51. The zero-order chi connectivity index (χ0) is 22.2. The maximum atomic E-state index is 12.9. The van der Waals surface area contributed by atoms with Crippen LogP contribution in [0.2, 0.25) is 0 Å². The summed E-state index contributed by atoms with van der Waals surface area (Å²) >= 11 is 0. The van der Waals surface area contributed by atoms with E-state index in [-0.39, 0.29) is 11.9 Å². The molecule has 0 bridgehead atoms. The average molecular weight is 438 g/mol. The van der Waals surface area contributed by atoms with Crippen LogP contribution in [0.3, 0.4) is 0 Å². The average Bonchev–Trinajstić information content (AvgIpc) is 3.36. The summed E-state index contributed by atoms with van der Waals surface area (Å²) in [4.78, 5) is 19.9. The maximum Gasteiger partial charge on any atom is 0.253 e. The molecule has 172 valence electrons. The Labute approximate surface area is 190 Å². The molecule has 0 aromatic carbocycles. The molecule has 1 amide bonds. The molecule has 32 heavy (non-hydrogen) atoms. The number of piperidine rings is 1. The number of carbonyl (C=O) groups is 1. The quantitative estimate of drug-likeness (QED) is 0.480. The Kier molecular flexibility index (Phi) is 8.07. The van der Waals surface area contributed by atoms with Crippen LogP contribution in [0.15, 0.2) is 49.4 Å². The standard InChI is InChI=1S/C25H35N5O2/c1-2-15-32-19-20-7-5-13-29(17-20)18-22-8-3-4-9-23(22)28-25(31)21-10-11-24(26-16-21)30-14-6-12-27-30/h2,6,10-12,14,16,20,22-23H,1,3-5,7-9,13,15,17-19H2,(H,28,31)/t20?,22-,23?/m0/s1. The molecule has 2 unspecified atom stereocenters. The largest absolute Gasteiger partial charge is 0.377 e. The van der Waals surface area contributed by atoms with Crippen molar-refractivity contribution in [2.24, 2.45) is 11.8 Å². The van der Waals surface area contributed by atoms with Crippen molar-refractivity contribution in [1.82, 2.24) is 25.0 Å². The Morgan fingerprint density at radius 1 is 1.25 bits per heavy atom. The first-order valence-corrected chi connectivity index (χ1v) is 11.9. The molecule has 0 spiro atoms. The van der Waals surface area contributed by atoms with Gasteiger partial charge in [-0.15, -0.1) is 6.58 Å². The molecule has 2 aliphatic rings. The van der Waals surface area contributed by atoms with Gasteiger partial charge in [-0.3, -0.25) is 4.79 Å². The first-order valence-electron chi connectivity index (χ1n) is 11.9. The van der Waals surface area contributed by atoms with Gasteiger partial charge in [0.05, 0.1) is 18.8 Å². The second-order valence-electron chi connectivity index (χ2n) is 9.07. The minimum absolute atomic E-state index is 0.0317. The first kappa shape index (κ1) is 22.7. The molecule has 7 heteroatoms. The van der Waals surface area contributed by atoms with E-state index in [0.29, 0.717) is 29.8 Å². The van der Waals surface area contributed by atoms with Gasteiger partial charge in [0.15, 0.2) is 5.82 Å². The van der Waals surface area contributed by atoms with Crippen LogP contribution in [0, 0.1) is 11.8 Å². The van der Waals surface area contributed by atoms with Crippen LogP contribution in [0.4, 0.5) is 0 Å². The zero-order valence-electron chi connectivity index (χ0n) is 18.9. The van der Waals surface area contributed by atoms with E-state index in [2.05, 4.69) is 26.9 Å². The highest BCUT2D eigenvalue weighted by molar-refractivity contribution is 5.94. The number of nitrogens with one attached hydrogen (secondary N) is 1. The molecule has 3 atom stereocenters. The monoisotopic (exact) mass is 437 g/mol.